The minimum Gasteiger partial charge on any atom is -0.423 e. The maximum absolute atomic E-state index is 12.2. The summed E-state index contributed by atoms with van der Waals surface area (Å²) in [6.45, 7) is 0. The molecule has 0 N–H and O–H groups in total. The van der Waals surface area contributed by atoms with Crippen molar-refractivity contribution in [2.45, 2.75) is 0 Å². The van der Waals surface area contributed by atoms with Crippen LogP contribution in [0.5, 0.6) is 5.75 Å². The standard InChI is InChI=1S/C21H14O2/c22-21(17-7-2-1-3-8-17)23-18-13-12-16-11-10-15-6-4-5-9-19(15)20(16)14-18/h1-14H. The zero-order chi connectivity index (χ0) is 15.6. The lowest BCUT2D eigenvalue weighted by Gasteiger charge is -2.08. The Balaban J connectivity index is 1.76. The molecule has 2 heteroatoms. The molecule has 0 aliphatic heterocycles. The van der Waals surface area contributed by atoms with Gasteiger partial charge in [-0.1, -0.05) is 60.7 Å². The van der Waals surface area contributed by atoms with Gasteiger partial charge in [0.05, 0.1) is 5.56 Å². The van der Waals surface area contributed by atoms with Gasteiger partial charge < -0.3 is 4.74 Å². The normalized spacial score (nSPS) is 10.8. The Bertz CT molecular complexity index is 1000. The number of hydrogen-bond acceptors (Lipinski definition) is 2. The lowest BCUT2D eigenvalue weighted by atomic mass is 10.0. The summed E-state index contributed by atoms with van der Waals surface area (Å²) in [7, 11) is 0. The van der Waals surface area contributed by atoms with Crippen LogP contribution in [0.25, 0.3) is 21.5 Å². The lowest BCUT2D eigenvalue weighted by Crippen LogP contribution is -2.07. The first-order valence-corrected chi connectivity index (χ1v) is 7.50. The molecule has 0 saturated carbocycles. The average Bonchev–Trinajstić information content (AvgIpc) is 2.62. The predicted octanol–water partition coefficient (Wildman–Crippen LogP) is 5.21. The van der Waals surface area contributed by atoms with E-state index >= 15 is 0 Å². The SMILES string of the molecule is O=C(Oc1ccc2ccc3ccccc3c2c1)c1ccccc1. The van der Waals surface area contributed by atoms with Crippen LogP contribution in [0, 0.1) is 0 Å². The maximum Gasteiger partial charge on any atom is 0.343 e. The molecule has 0 aliphatic carbocycles. The summed E-state index contributed by atoms with van der Waals surface area (Å²) in [5.74, 6) is 0.216. The minimum atomic E-state index is -0.342. The average molecular weight is 298 g/mol. The van der Waals surface area contributed by atoms with E-state index in [2.05, 4.69) is 24.3 Å². The minimum absolute atomic E-state index is 0.342. The monoisotopic (exact) mass is 298 g/mol. The Morgan fingerprint density at radius 2 is 1.30 bits per heavy atom. The van der Waals surface area contributed by atoms with E-state index in [1.165, 1.54) is 5.39 Å². The number of rotatable bonds is 2. The van der Waals surface area contributed by atoms with Crippen molar-refractivity contribution < 1.29 is 9.53 Å². The van der Waals surface area contributed by atoms with Crippen LogP contribution in [0.1, 0.15) is 10.4 Å². The molecule has 0 aliphatic rings. The Kier molecular flexibility index (Phi) is 3.28. The summed E-state index contributed by atoms with van der Waals surface area (Å²) in [5.41, 5.74) is 0.547. The van der Waals surface area contributed by atoms with Crippen molar-refractivity contribution >= 4 is 27.5 Å². The number of carbonyl (C=O) groups excluding carboxylic acids is 1. The molecule has 0 radical (unpaired) electrons. The van der Waals surface area contributed by atoms with Gasteiger partial charge in [-0.25, -0.2) is 4.79 Å². The highest BCUT2D eigenvalue weighted by Gasteiger charge is 2.09. The molecule has 4 rings (SSSR count). The highest BCUT2D eigenvalue weighted by Crippen LogP contribution is 2.28. The molecule has 4 aromatic carbocycles. The third-order valence-electron chi connectivity index (χ3n) is 3.94. The second-order valence-electron chi connectivity index (χ2n) is 5.43. The number of ether oxygens (including phenoxy) is 1. The van der Waals surface area contributed by atoms with Gasteiger partial charge in [0.1, 0.15) is 5.75 Å². The van der Waals surface area contributed by atoms with Crippen molar-refractivity contribution in [1.29, 1.82) is 0 Å². The molecule has 0 fully saturated rings. The van der Waals surface area contributed by atoms with Gasteiger partial charge in [0.2, 0.25) is 0 Å². The fraction of sp³-hybridized carbons (Fsp3) is 0. The Hall–Kier alpha value is -3.13. The lowest BCUT2D eigenvalue weighted by molar-refractivity contribution is 0.0735. The fourth-order valence-electron chi connectivity index (χ4n) is 2.78. The van der Waals surface area contributed by atoms with Crippen molar-refractivity contribution in [3.63, 3.8) is 0 Å². The topological polar surface area (TPSA) is 26.3 Å². The van der Waals surface area contributed by atoms with Crippen LogP contribution in [0.2, 0.25) is 0 Å². The van der Waals surface area contributed by atoms with E-state index in [9.17, 15) is 4.79 Å². The molecule has 0 spiro atoms. The molecule has 2 nitrogen and oxygen atoms in total. The van der Waals surface area contributed by atoms with Crippen LogP contribution >= 0.6 is 0 Å². The molecule has 0 atom stereocenters. The molecule has 110 valence electrons. The maximum atomic E-state index is 12.2. The quantitative estimate of drug-likeness (QED) is 0.288. The van der Waals surface area contributed by atoms with Crippen molar-refractivity contribution in [1.82, 2.24) is 0 Å². The van der Waals surface area contributed by atoms with Crippen LogP contribution < -0.4 is 4.74 Å². The van der Waals surface area contributed by atoms with E-state index < -0.39 is 0 Å². The third-order valence-corrected chi connectivity index (χ3v) is 3.94. The second-order valence-corrected chi connectivity index (χ2v) is 5.43. The van der Waals surface area contributed by atoms with Crippen molar-refractivity contribution in [3.8, 4) is 5.75 Å². The molecule has 0 aromatic heterocycles. The Morgan fingerprint density at radius 3 is 2.13 bits per heavy atom. The number of fused-ring (bicyclic) bond motifs is 3. The van der Waals surface area contributed by atoms with Gasteiger partial charge in [-0.05, 0) is 45.8 Å². The van der Waals surface area contributed by atoms with Crippen LogP contribution in [-0.4, -0.2) is 5.97 Å². The zero-order valence-electron chi connectivity index (χ0n) is 12.4. The Labute approximate surface area is 133 Å². The van der Waals surface area contributed by atoms with E-state index in [0.29, 0.717) is 11.3 Å². The van der Waals surface area contributed by atoms with Gasteiger partial charge >= 0.3 is 5.97 Å². The second kappa shape index (κ2) is 5.58. The molecule has 23 heavy (non-hydrogen) atoms. The molecule has 0 bridgehead atoms. The number of esters is 1. The van der Waals surface area contributed by atoms with Crippen LogP contribution in [-0.2, 0) is 0 Å². The molecular weight excluding hydrogens is 284 g/mol. The van der Waals surface area contributed by atoms with Gasteiger partial charge in [-0.15, -0.1) is 0 Å². The zero-order valence-corrected chi connectivity index (χ0v) is 12.4. The first-order chi connectivity index (χ1) is 11.3. The summed E-state index contributed by atoms with van der Waals surface area (Å²) in [4.78, 5) is 12.2. The van der Waals surface area contributed by atoms with Crippen LogP contribution in [0.3, 0.4) is 0 Å². The summed E-state index contributed by atoms with van der Waals surface area (Å²) in [6, 6.07) is 27.2. The molecular formula is C21H14O2. The summed E-state index contributed by atoms with van der Waals surface area (Å²) in [6.07, 6.45) is 0. The fourth-order valence-corrected chi connectivity index (χ4v) is 2.78. The van der Waals surface area contributed by atoms with Crippen molar-refractivity contribution in [2.24, 2.45) is 0 Å². The summed E-state index contributed by atoms with van der Waals surface area (Å²) in [5, 5.41) is 4.54. The largest absolute Gasteiger partial charge is 0.423 e. The highest BCUT2D eigenvalue weighted by molar-refractivity contribution is 6.08. The van der Waals surface area contributed by atoms with Gasteiger partial charge in [-0.2, -0.15) is 0 Å². The molecule has 0 saturated heterocycles. The molecule has 0 amide bonds. The third kappa shape index (κ3) is 2.55. The number of hydrogen-bond donors (Lipinski definition) is 0. The molecule has 0 unspecified atom stereocenters. The smallest absolute Gasteiger partial charge is 0.343 e. The molecule has 4 aromatic rings. The van der Waals surface area contributed by atoms with Crippen molar-refractivity contribution in [3.05, 3.63) is 90.5 Å². The van der Waals surface area contributed by atoms with E-state index in [1.807, 2.05) is 48.5 Å². The van der Waals surface area contributed by atoms with Crippen molar-refractivity contribution in [2.75, 3.05) is 0 Å². The van der Waals surface area contributed by atoms with Gasteiger partial charge in [-0.3, -0.25) is 0 Å². The van der Waals surface area contributed by atoms with E-state index in [4.69, 9.17) is 4.74 Å². The first-order valence-electron chi connectivity index (χ1n) is 7.50. The number of benzene rings is 4. The van der Waals surface area contributed by atoms with Crippen LogP contribution in [0.15, 0.2) is 84.9 Å². The highest BCUT2D eigenvalue weighted by atomic mass is 16.5. The predicted molar refractivity (Wildman–Crippen MR) is 92.9 cm³/mol. The van der Waals surface area contributed by atoms with E-state index in [1.54, 1.807) is 12.1 Å². The number of carbonyl (C=O) groups is 1. The Morgan fingerprint density at radius 1 is 0.652 bits per heavy atom. The van der Waals surface area contributed by atoms with Gasteiger partial charge in [0.25, 0.3) is 0 Å². The first kappa shape index (κ1) is 13.5. The molecule has 0 heterocycles. The summed E-state index contributed by atoms with van der Waals surface area (Å²) < 4.78 is 5.52. The van der Waals surface area contributed by atoms with E-state index in [-0.39, 0.29) is 5.97 Å². The van der Waals surface area contributed by atoms with E-state index in [0.717, 1.165) is 16.2 Å². The van der Waals surface area contributed by atoms with Crippen LogP contribution in [0.4, 0.5) is 0 Å². The van der Waals surface area contributed by atoms with Gasteiger partial charge in [0.15, 0.2) is 0 Å². The van der Waals surface area contributed by atoms with Gasteiger partial charge in [0, 0.05) is 0 Å². The summed E-state index contributed by atoms with van der Waals surface area (Å²) >= 11 is 0.